The molecule has 0 unspecified atom stereocenters. The van der Waals surface area contributed by atoms with Gasteiger partial charge in [0.05, 0.1) is 14.2 Å². The van der Waals surface area contributed by atoms with Crippen molar-refractivity contribution in [1.29, 1.82) is 0 Å². The molecular formula is C25H34N2O4. The van der Waals surface area contributed by atoms with Crippen molar-refractivity contribution in [2.45, 2.75) is 59.2 Å². The number of carbonyl (C=O) groups excluding carboxylic acids is 2. The molecule has 0 aliphatic rings. The quantitative estimate of drug-likeness (QED) is 0.626. The van der Waals surface area contributed by atoms with Crippen molar-refractivity contribution in [2.75, 3.05) is 14.2 Å². The number of amides is 2. The van der Waals surface area contributed by atoms with E-state index in [1.165, 1.54) is 0 Å². The predicted molar refractivity (Wildman–Crippen MR) is 122 cm³/mol. The first-order valence-corrected chi connectivity index (χ1v) is 10.6. The molecule has 2 amide bonds. The van der Waals surface area contributed by atoms with Crippen LogP contribution in [0.5, 0.6) is 11.5 Å². The topological polar surface area (TPSA) is 67.9 Å². The normalized spacial score (nSPS) is 11.7. The number of nitrogens with one attached hydrogen (secondary N) is 1. The molecule has 31 heavy (non-hydrogen) atoms. The zero-order chi connectivity index (χ0) is 23.0. The highest BCUT2D eigenvalue weighted by molar-refractivity contribution is 5.87. The number of hydrogen-bond donors (Lipinski definition) is 1. The van der Waals surface area contributed by atoms with Gasteiger partial charge in [0.15, 0.2) is 11.5 Å². The molecule has 2 aromatic rings. The van der Waals surface area contributed by atoms with Crippen molar-refractivity contribution < 1.29 is 19.1 Å². The van der Waals surface area contributed by atoms with Gasteiger partial charge in [-0.2, -0.15) is 0 Å². The number of aryl methyl sites for hydroxylation is 2. The van der Waals surface area contributed by atoms with Crippen molar-refractivity contribution in [3.05, 3.63) is 59.2 Å². The molecule has 6 nitrogen and oxygen atoms in total. The van der Waals surface area contributed by atoms with Gasteiger partial charge in [-0.15, -0.1) is 0 Å². The minimum absolute atomic E-state index is 0.0117. The van der Waals surface area contributed by atoms with Gasteiger partial charge >= 0.3 is 0 Å². The van der Waals surface area contributed by atoms with E-state index in [0.29, 0.717) is 30.9 Å². The number of rotatable bonds is 10. The Labute approximate surface area is 185 Å². The summed E-state index contributed by atoms with van der Waals surface area (Å²) in [5.74, 6) is 1.07. The molecule has 0 aliphatic carbocycles. The minimum Gasteiger partial charge on any atom is -0.493 e. The summed E-state index contributed by atoms with van der Waals surface area (Å²) < 4.78 is 10.6. The maximum Gasteiger partial charge on any atom is 0.242 e. The third-order valence-corrected chi connectivity index (χ3v) is 5.11. The van der Waals surface area contributed by atoms with Gasteiger partial charge in [-0.3, -0.25) is 9.59 Å². The lowest BCUT2D eigenvalue weighted by Gasteiger charge is -2.29. The highest BCUT2D eigenvalue weighted by Gasteiger charge is 2.26. The average molecular weight is 427 g/mol. The maximum atomic E-state index is 13.2. The lowest BCUT2D eigenvalue weighted by molar-refractivity contribution is -0.140. The zero-order valence-electron chi connectivity index (χ0n) is 19.4. The average Bonchev–Trinajstić information content (AvgIpc) is 2.74. The fourth-order valence-corrected chi connectivity index (χ4v) is 3.43. The molecular weight excluding hydrogens is 392 g/mol. The summed E-state index contributed by atoms with van der Waals surface area (Å²) in [4.78, 5) is 27.5. The zero-order valence-corrected chi connectivity index (χ0v) is 19.4. The third-order valence-electron chi connectivity index (χ3n) is 5.11. The molecule has 0 aromatic heterocycles. The number of benzene rings is 2. The molecule has 0 aliphatic heterocycles. The van der Waals surface area contributed by atoms with Crippen LogP contribution in [-0.4, -0.2) is 43.0 Å². The number of ether oxygens (including phenoxy) is 2. The van der Waals surface area contributed by atoms with Gasteiger partial charge in [0.1, 0.15) is 6.04 Å². The van der Waals surface area contributed by atoms with E-state index < -0.39 is 6.04 Å². The summed E-state index contributed by atoms with van der Waals surface area (Å²) in [5.41, 5.74) is 3.10. The molecule has 6 heteroatoms. The lowest BCUT2D eigenvalue weighted by Crippen LogP contribution is -2.49. The Morgan fingerprint density at radius 3 is 2.29 bits per heavy atom. The van der Waals surface area contributed by atoms with Crippen LogP contribution in [0.2, 0.25) is 0 Å². The van der Waals surface area contributed by atoms with E-state index in [4.69, 9.17) is 9.47 Å². The van der Waals surface area contributed by atoms with Gasteiger partial charge in [0.2, 0.25) is 11.8 Å². The largest absolute Gasteiger partial charge is 0.493 e. The van der Waals surface area contributed by atoms with Gasteiger partial charge in [-0.25, -0.2) is 0 Å². The first kappa shape index (κ1) is 24.3. The van der Waals surface area contributed by atoms with Crippen LogP contribution >= 0.6 is 0 Å². The molecule has 1 N–H and O–H groups in total. The molecule has 168 valence electrons. The van der Waals surface area contributed by atoms with E-state index in [1.54, 1.807) is 26.0 Å². The van der Waals surface area contributed by atoms with Crippen LogP contribution in [0, 0.1) is 6.92 Å². The van der Waals surface area contributed by atoms with E-state index in [1.807, 2.05) is 63.2 Å². The second kappa shape index (κ2) is 11.4. The second-order valence-corrected chi connectivity index (χ2v) is 8.04. The van der Waals surface area contributed by atoms with E-state index in [2.05, 4.69) is 5.32 Å². The SMILES string of the molecule is COc1ccc(CCC(=O)N(Cc2cccc(C)c2)[C@H](C)C(=O)NC(C)C)cc1OC. The van der Waals surface area contributed by atoms with Crippen molar-refractivity contribution in [2.24, 2.45) is 0 Å². The molecule has 0 fully saturated rings. The van der Waals surface area contributed by atoms with Crippen molar-refractivity contribution >= 4 is 11.8 Å². The van der Waals surface area contributed by atoms with Gasteiger partial charge in [-0.1, -0.05) is 35.9 Å². The summed E-state index contributed by atoms with van der Waals surface area (Å²) >= 11 is 0. The van der Waals surface area contributed by atoms with Gasteiger partial charge in [-0.05, 0) is 57.4 Å². The Morgan fingerprint density at radius 2 is 1.68 bits per heavy atom. The number of carbonyl (C=O) groups is 2. The molecule has 0 saturated heterocycles. The smallest absolute Gasteiger partial charge is 0.242 e. The number of nitrogens with zero attached hydrogens (tertiary/aromatic N) is 1. The first-order valence-electron chi connectivity index (χ1n) is 10.6. The molecule has 2 rings (SSSR count). The molecule has 1 atom stereocenters. The van der Waals surface area contributed by atoms with Crippen LogP contribution in [0.15, 0.2) is 42.5 Å². The summed E-state index contributed by atoms with van der Waals surface area (Å²) in [6.45, 7) is 8.01. The van der Waals surface area contributed by atoms with Crippen molar-refractivity contribution in [3.63, 3.8) is 0 Å². The van der Waals surface area contributed by atoms with Crippen LogP contribution in [0.1, 0.15) is 43.9 Å². The highest BCUT2D eigenvalue weighted by atomic mass is 16.5. The van der Waals surface area contributed by atoms with E-state index in [9.17, 15) is 9.59 Å². The predicted octanol–water partition coefficient (Wildman–Crippen LogP) is 3.89. The van der Waals surface area contributed by atoms with E-state index in [0.717, 1.165) is 16.7 Å². The Balaban J connectivity index is 2.17. The molecule has 0 saturated carbocycles. The highest BCUT2D eigenvalue weighted by Crippen LogP contribution is 2.28. The molecule has 0 radical (unpaired) electrons. The van der Waals surface area contributed by atoms with E-state index in [-0.39, 0.29) is 17.9 Å². The van der Waals surface area contributed by atoms with Crippen LogP contribution in [0.4, 0.5) is 0 Å². The summed E-state index contributed by atoms with van der Waals surface area (Å²) in [6.07, 6.45) is 0.836. The standard InChI is InChI=1S/C25H34N2O4/c1-17(2)26-25(29)19(4)27(16-21-9-7-8-18(3)14-21)24(28)13-11-20-10-12-22(30-5)23(15-20)31-6/h7-10,12,14-15,17,19H,11,13,16H2,1-6H3,(H,26,29)/t19-/m1/s1. The van der Waals surface area contributed by atoms with Crippen LogP contribution in [-0.2, 0) is 22.6 Å². The molecule has 0 bridgehead atoms. The van der Waals surface area contributed by atoms with Crippen LogP contribution in [0.25, 0.3) is 0 Å². The maximum absolute atomic E-state index is 13.2. The molecule has 2 aromatic carbocycles. The number of hydrogen-bond acceptors (Lipinski definition) is 4. The Bertz CT molecular complexity index is 895. The fourth-order valence-electron chi connectivity index (χ4n) is 3.43. The first-order chi connectivity index (χ1) is 14.7. The number of methoxy groups -OCH3 is 2. The van der Waals surface area contributed by atoms with Crippen LogP contribution < -0.4 is 14.8 Å². The van der Waals surface area contributed by atoms with Crippen molar-refractivity contribution in [3.8, 4) is 11.5 Å². The summed E-state index contributed by atoms with van der Waals surface area (Å²) in [7, 11) is 3.18. The Morgan fingerprint density at radius 1 is 0.968 bits per heavy atom. The second-order valence-electron chi connectivity index (χ2n) is 8.04. The molecule has 0 spiro atoms. The Hall–Kier alpha value is -3.02. The van der Waals surface area contributed by atoms with Crippen LogP contribution in [0.3, 0.4) is 0 Å². The van der Waals surface area contributed by atoms with Gasteiger partial charge in [0.25, 0.3) is 0 Å². The summed E-state index contributed by atoms with van der Waals surface area (Å²) in [5, 5.41) is 2.91. The monoisotopic (exact) mass is 426 g/mol. The Kier molecular flexibility index (Phi) is 8.91. The lowest BCUT2D eigenvalue weighted by atomic mass is 10.1. The van der Waals surface area contributed by atoms with E-state index >= 15 is 0 Å². The minimum atomic E-state index is -0.569. The van der Waals surface area contributed by atoms with Gasteiger partial charge in [0, 0.05) is 19.0 Å². The fraction of sp³-hybridized carbons (Fsp3) is 0.440. The van der Waals surface area contributed by atoms with Gasteiger partial charge < -0.3 is 19.7 Å². The third kappa shape index (κ3) is 7.02. The van der Waals surface area contributed by atoms with Crippen molar-refractivity contribution in [1.82, 2.24) is 10.2 Å². The summed E-state index contributed by atoms with van der Waals surface area (Å²) in [6, 6.07) is 13.1. The molecule has 0 heterocycles.